The Hall–Kier alpha value is -2.95. The first-order chi connectivity index (χ1) is 11.6. The van der Waals surface area contributed by atoms with Crippen molar-refractivity contribution in [2.45, 2.75) is 20.8 Å². The maximum Gasteiger partial charge on any atom is 0.258 e. The number of carbonyl (C=O) groups excluding carboxylic acids is 1. The van der Waals surface area contributed by atoms with Gasteiger partial charge in [-0.2, -0.15) is 0 Å². The van der Waals surface area contributed by atoms with E-state index in [0.717, 1.165) is 16.8 Å². The van der Waals surface area contributed by atoms with Gasteiger partial charge in [0.25, 0.3) is 5.91 Å². The molecule has 3 rings (SSSR count). The molecule has 3 aromatic rings. The normalized spacial score (nSPS) is 10.6. The van der Waals surface area contributed by atoms with Crippen LogP contribution in [0.25, 0.3) is 11.5 Å². The first kappa shape index (κ1) is 15.9. The van der Waals surface area contributed by atoms with Gasteiger partial charge in [0.05, 0.1) is 0 Å². The van der Waals surface area contributed by atoms with Crippen LogP contribution < -0.4 is 4.90 Å². The fourth-order valence-electron chi connectivity index (χ4n) is 2.56. The molecule has 0 fully saturated rings. The van der Waals surface area contributed by atoms with E-state index in [2.05, 4.69) is 10.2 Å². The van der Waals surface area contributed by atoms with Gasteiger partial charge in [-0.25, -0.2) is 0 Å². The van der Waals surface area contributed by atoms with Crippen LogP contribution in [-0.4, -0.2) is 22.6 Å². The Kier molecular flexibility index (Phi) is 4.42. The van der Waals surface area contributed by atoms with E-state index >= 15 is 0 Å². The molecule has 5 nitrogen and oxygen atoms in total. The van der Waals surface area contributed by atoms with Crippen LogP contribution in [0.4, 0.5) is 5.69 Å². The fourth-order valence-corrected chi connectivity index (χ4v) is 2.56. The molecule has 0 saturated heterocycles. The van der Waals surface area contributed by atoms with E-state index < -0.39 is 0 Å². The molecule has 0 aliphatic carbocycles. The Labute approximate surface area is 140 Å². The van der Waals surface area contributed by atoms with E-state index in [-0.39, 0.29) is 5.91 Å². The summed E-state index contributed by atoms with van der Waals surface area (Å²) in [6, 6.07) is 15.2. The molecule has 0 spiro atoms. The molecule has 0 N–H and O–H groups in total. The first-order valence-corrected chi connectivity index (χ1v) is 7.87. The van der Waals surface area contributed by atoms with Gasteiger partial charge in [0.1, 0.15) is 0 Å². The van der Waals surface area contributed by atoms with E-state index in [9.17, 15) is 4.79 Å². The number of hydrogen-bond acceptors (Lipinski definition) is 4. The highest BCUT2D eigenvalue weighted by atomic mass is 16.4. The van der Waals surface area contributed by atoms with Crippen molar-refractivity contribution in [3.05, 3.63) is 65.5 Å². The zero-order valence-electron chi connectivity index (χ0n) is 14.0. The Morgan fingerprint density at radius 2 is 1.83 bits per heavy atom. The number of amides is 1. The number of aryl methyl sites for hydroxylation is 2. The van der Waals surface area contributed by atoms with Crippen LogP contribution in [-0.2, 0) is 0 Å². The van der Waals surface area contributed by atoms with Crippen LogP contribution in [0.1, 0.15) is 28.7 Å². The third-order valence-electron chi connectivity index (χ3n) is 3.78. The van der Waals surface area contributed by atoms with Crippen molar-refractivity contribution in [2.75, 3.05) is 11.4 Å². The summed E-state index contributed by atoms with van der Waals surface area (Å²) in [5.41, 5.74) is 3.45. The predicted octanol–water partition coefficient (Wildman–Crippen LogP) is 4.02. The number of hydrogen-bond donors (Lipinski definition) is 0. The fraction of sp³-hybridized carbons (Fsp3) is 0.211. The Bertz CT molecular complexity index is 853. The van der Waals surface area contributed by atoms with Gasteiger partial charge in [0, 0.05) is 30.3 Å². The highest BCUT2D eigenvalue weighted by molar-refractivity contribution is 6.06. The molecular formula is C19H19N3O2. The van der Waals surface area contributed by atoms with Gasteiger partial charge in [0.2, 0.25) is 11.8 Å². The molecule has 24 heavy (non-hydrogen) atoms. The second kappa shape index (κ2) is 6.66. The molecule has 1 aromatic heterocycles. The maximum absolute atomic E-state index is 12.8. The molecule has 0 atom stereocenters. The Morgan fingerprint density at radius 1 is 1.08 bits per heavy atom. The number of carbonyl (C=O) groups is 1. The summed E-state index contributed by atoms with van der Waals surface area (Å²) in [6.45, 7) is 6.33. The van der Waals surface area contributed by atoms with Gasteiger partial charge < -0.3 is 9.32 Å². The lowest BCUT2D eigenvalue weighted by Crippen LogP contribution is -2.30. The molecule has 0 radical (unpaired) electrons. The highest BCUT2D eigenvalue weighted by Crippen LogP contribution is 2.21. The second-order valence-corrected chi connectivity index (χ2v) is 5.59. The molecule has 2 aromatic carbocycles. The topological polar surface area (TPSA) is 59.2 Å². The quantitative estimate of drug-likeness (QED) is 0.728. The third kappa shape index (κ3) is 3.20. The summed E-state index contributed by atoms with van der Waals surface area (Å²) in [5, 5.41) is 7.81. The van der Waals surface area contributed by atoms with Gasteiger partial charge in [-0.05, 0) is 55.8 Å². The molecule has 5 heteroatoms. The van der Waals surface area contributed by atoms with Crippen LogP contribution in [0, 0.1) is 13.8 Å². The smallest absolute Gasteiger partial charge is 0.258 e. The summed E-state index contributed by atoms with van der Waals surface area (Å²) in [7, 11) is 0. The van der Waals surface area contributed by atoms with Crippen LogP contribution in [0.15, 0.2) is 52.9 Å². The molecule has 0 bridgehead atoms. The number of aromatic nitrogens is 2. The van der Waals surface area contributed by atoms with E-state index in [0.29, 0.717) is 23.9 Å². The lowest BCUT2D eigenvalue weighted by molar-refractivity contribution is 0.0988. The summed E-state index contributed by atoms with van der Waals surface area (Å²) in [5.74, 6) is 0.940. The largest absolute Gasteiger partial charge is 0.421 e. The van der Waals surface area contributed by atoms with Crippen molar-refractivity contribution in [3.63, 3.8) is 0 Å². The molecule has 122 valence electrons. The van der Waals surface area contributed by atoms with Gasteiger partial charge in [0.15, 0.2) is 0 Å². The predicted molar refractivity (Wildman–Crippen MR) is 93.0 cm³/mol. The summed E-state index contributed by atoms with van der Waals surface area (Å²) in [4.78, 5) is 14.6. The maximum atomic E-state index is 12.8. The van der Waals surface area contributed by atoms with E-state index in [1.54, 1.807) is 24.0 Å². The first-order valence-electron chi connectivity index (χ1n) is 7.87. The number of benzene rings is 2. The van der Waals surface area contributed by atoms with Gasteiger partial charge in [-0.1, -0.05) is 12.1 Å². The van der Waals surface area contributed by atoms with Crippen LogP contribution in [0.5, 0.6) is 0 Å². The standard InChI is InChI=1S/C19H19N3O2/c1-4-22(17-7-5-6-13(2)12-17)19(23)16-10-8-15(9-11-16)18-21-20-14(3)24-18/h5-12H,4H2,1-3H3. The zero-order valence-corrected chi connectivity index (χ0v) is 14.0. The van der Waals surface area contributed by atoms with Crippen molar-refractivity contribution in [1.82, 2.24) is 10.2 Å². The average Bonchev–Trinajstić information content (AvgIpc) is 3.02. The summed E-state index contributed by atoms with van der Waals surface area (Å²) >= 11 is 0. The number of anilines is 1. The number of nitrogens with zero attached hydrogens (tertiary/aromatic N) is 3. The molecular weight excluding hydrogens is 302 g/mol. The van der Waals surface area contributed by atoms with Crippen molar-refractivity contribution in [3.8, 4) is 11.5 Å². The Morgan fingerprint density at radius 3 is 2.42 bits per heavy atom. The van der Waals surface area contributed by atoms with Crippen LogP contribution in [0.2, 0.25) is 0 Å². The number of rotatable bonds is 4. The molecule has 0 aliphatic rings. The van der Waals surface area contributed by atoms with E-state index in [4.69, 9.17) is 4.42 Å². The summed E-state index contributed by atoms with van der Waals surface area (Å²) < 4.78 is 5.40. The Balaban J connectivity index is 1.86. The minimum Gasteiger partial charge on any atom is -0.421 e. The SMILES string of the molecule is CCN(C(=O)c1ccc(-c2nnc(C)o2)cc1)c1cccc(C)c1. The van der Waals surface area contributed by atoms with Crippen molar-refractivity contribution < 1.29 is 9.21 Å². The van der Waals surface area contributed by atoms with E-state index in [1.165, 1.54) is 0 Å². The van der Waals surface area contributed by atoms with Crippen LogP contribution in [0.3, 0.4) is 0 Å². The minimum absolute atomic E-state index is 0.0311. The molecule has 1 amide bonds. The van der Waals surface area contributed by atoms with Crippen molar-refractivity contribution in [2.24, 2.45) is 0 Å². The minimum atomic E-state index is -0.0311. The third-order valence-corrected chi connectivity index (χ3v) is 3.78. The summed E-state index contributed by atoms with van der Waals surface area (Å²) in [6.07, 6.45) is 0. The molecule has 0 aliphatic heterocycles. The lowest BCUT2D eigenvalue weighted by atomic mass is 10.1. The highest BCUT2D eigenvalue weighted by Gasteiger charge is 2.16. The van der Waals surface area contributed by atoms with Gasteiger partial charge >= 0.3 is 0 Å². The average molecular weight is 321 g/mol. The molecule has 0 saturated carbocycles. The molecule has 0 unspecified atom stereocenters. The zero-order chi connectivity index (χ0) is 17.1. The van der Waals surface area contributed by atoms with E-state index in [1.807, 2.05) is 50.2 Å². The van der Waals surface area contributed by atoms with Crippen molar-refractivity contribution in [1.29, 1.82) is 0 Å². The lowest BCUT2D eigenvalue weighted by Gasteiger charge is -2.21. The molecule has 1 heterocycles. The second-order valence-electron chi connectivity index (χ2n) is 5.59. The van der Waals surface area contributed by atoms with Gasteiger partial charge in [-0.3, -0.25) is 4.79 Å². The monoisotopic (exact) mass is 321 g/mol. The van der Waals surface area contributed by atoms with Gasteiger partial charge in [-0.15, -0.1) is 10.2 Å². The van der Waals surface area contributed by atoms with Crippen LogP contribution >= 0.6 is 0 Å². The van der Waals surface area contributed by atoms with Crippen molar-refractivity contribution >= 4 is 11.6 Å².